The molecule has 0 aliphatic carbocycles. The third-order valence-electron chi connectivity index (χ3n) is 3.18. The SMILES string of the molecule is CC(C)C#CCN1CCO[C@@H](CN(C)CC(C)(C)C)C1. The second kappa shape index (κ2) is 8.02. The fraction of sp³-hybridized carbons (Fsp3) is 0.882. The van der Waals surface area contributed by atoms with Crippen molar-refractivity contribution in [2.75, 3.05) is 46.4 Å². The first-order valence-corrected chi connectivity index (χ1v) is 7.77. The predicted octanol–water partition coefficient (Wildman–Crippen LogP) is 2.32. The lowest BCUT2D eigenvalue weighted by atomic mass is 9.96. The first-order valence-electron chi connectivity index (χ1n) is 7.77. The summed E-state index contributed by atoms with van der Waals surface area (Å²) in [5, 5.41) is 0. The number of morpholine rings is 1. The smallest absolute Gasteiger partial charge is 0.0829 e. The van der Waals surface area contributed by atoms with Crippen molar-refractivity contribution in [3.63, 3.8) is 0 Å². The molecular formula is C17H32N2O. The van der Waals surface area contributed by atoms with Gasteiger partial charge in [0, 0.05) is 32.1 Å². The average molecular weight is 280 g/mol. The van der Waals surface area contributed by atoms with E-state index in [0.717, 1.165) is 39.3 Å². The second-order valence-electron chi connectivity index (χ2n) is 7.46. The van der Waals surface area contributed by atoms with Crippen LogP contribution in [0.5, 0.6) is 0 Å². The zero-order valence-corrected chi connectivity index (χ0v) is 14.2. The van der Waals surface area contributed by atoms with Crippen LogP contribution < -0.4 is 0 Å². The summed E-state index contributed by atoms with van der Waals surface area (Å²) in [5.74, 6) is 6.97. The molecule has 0 unspecified atom stereocenters. The molecule has 1 aliphatic heterocycles. The lowest BCUT2D eigenvalue weighted by molar-refractivity contribution is -0.0390. The maximum absolute atomic E-state index is 5.89. The average Bonchev–Trinajstić information content (AvgIpc) is 2.26. The van der Waals surface area contributed by atoms with E-state index in [9.17, 15) is 0 Å². The number of hydrogen-bond acceptors (Lipinski definition) is 3. The highest BCUT2D eigenvalue weighted by Gasteiger charge is 2.22. The number of nitrogens with zero attached hydrogens (tertiary/aromatic N) is 2. The third kappa shape index (κ3) is 7.89. The van der Waals surface area contributed by atoms with Crippen LogP contribution in [-0.2, 0) is 4.74 Å². The van der Waals surface area contributed by atoms with Crippen LogP contribution in [0.2, 0.25) is 0 Å². The van der Waals surface area contributed by atoms with Crippen molar-refractivity contribution < 1.29 is 4.74 Å². The van der Waals surface area contributed by atoms with Crippen LogP contribution in [0.15, 0.2) is 0 Å². The fourth-order valence-electron chi connectivity index (χ4n) is 2.62. The topological polar surface area (TPSA) is 15.7 Å². The van der Waals surface area contributed by atoms with Crippen LogP contribution in [0.1, 0.15) is 34.6 Å². The normalized spacial score (nSPS) is 21.1. The number of likely N-dealkylation sites (N-methyl/N-ethyl adjacent to an activating group) is 1. The Bertz CT molecular complexity index is 335. The van der Waals surface area contributed by atoms with Gasteiger partial charge >= 0.3 is 0 Å². The highest BCUT2D eigenvalue weighted by molar-refractivity contribution is 5.03. The van der Waals surface area contributed by atoms with E-state index >= 15 is 0 Å². The Hall–Kier alpha value is -0.560. The van der Waals surface area contributed by atoms with Crippen molar-refractivity contribution >= 4 is 0 Å². The van der Waals surface area contributed by atoms with Crippen LogP contribution in [0.25, 0.3) is 0 Å². The molecule has 1 atom stereocenters. The minimum absolute atomic E-state index is 0.317. The number of ether oxygens (including phenoxy) is 1. The van der Waals surface area contributed by atoms with Gasteiger partial charge in [0.2, 0.25) is 0 Å². The van der Waals surface area contributed by atoms with Crippen molar-refractivity contribution in [1.29, 1.82) is 0 Å². The maximum Gasteiger partial charge on any atom is 0.0829 e. The Kier molecular flexibility index (Phi) is 7.02. The summed E-state index contributed by atoms with van der Waals surface area (Å²) in [7, 11) is 2.19. The molecule has 1 saturated heterocycles. The van der Waals surface area contributed by atoms with Gasteiger partial charge in [-0.15, -0.1) is 0 Å². The molecule has 0 spiro atoms. The van der Waals surface area contributed by atoms with Gasteiger partial charge in [-0.3, -0.25) is 4.90 Å². The highest BCUT2D eigenvalue weighted by Crippen LogP contribution is 2.15. The molecule has 0 N–H and O–H groups in total. The zero-order valence-electron chi connectivity index (χ0n) is 14.2. The van der Waals surface area contributed by atoms with E-state index in [1.807, 2.05) is 0 Å². The van der Waals surface area contributed by atoms with Crippen molar-refractivity contribution in [1.82, 2.24) is 9.80 Å². The van der Waals surface area contributed by atoms with E-state index in [0.29, 0.717) is 17.4 Å². The molecule has 3 heteroatoms. The Labute approximate surface area is 125 Å². The summed E-state index contributed by atoms with van der Waals surface area (Å²) in [6.07, 6.45) is 0.317. The standard InChI is InChI=1S/C17H32N2O/c1-15(2)8-7-9-19-10-11-20-16(13-19)12-18(6)14-17(3,4)5/h15-16H,9-14H2,1-6H3/t16-/m0/s1. The maximum atomic E-state index is 5.89. The molecule has 3 nitrogen and oxygen atoms in total. The van der Waals surface area contributed by atoms with E-state index in [-0.39, 0.29) is 0 Å². The van der Waals surface area contributed by atoms with Crippen molar-refractivity contribution in [3.8, 4) is 11.8 Å². The van der Waals surface area contributed by atoms with Crippen LogP contribution in [0.3, 0.4) is 0 Å². The minimum Gasteiger partial charge on any atom is -0.374 e. The molecular weight excluding hydrogens is 248 g/mol. The van der Waals surface area contributed by atoms with Crippen LogP contribution in [0, 0.1) is 23.2 Å². The quantitative estimate of drug-likeness (QED) is 0.735. The molecule has 1 aliphatic rings. The highest BCUT2D eigenvalue weighted by atomic mass is 16.5. The van der Waals surface area contributed by atoms with Gasteiger partial charge in [-0.05, 0) is 12.5 Å². The van der Waals surface area contributed by atoms with Gasteiger partial charge in [-0.25, -0.2) is 0 Å². The molecule has 1 heterocycles. The third-order valence-corrected chi connectivity index (χ3v) is 3.18. The Morgan fingerprint density at radius 3 is 2.65 bits per heavy atom. The molecule has 0 bridgehead atoms. The van der Waals surface area contributed by atoms with Crippen LogP contribution in [-0.4, -0.2) is 62.3 Å². The number of hydrogen-bond donors (Lipinski definition) is 0. The molecule has 116 valence electrons. The Morgan fingerprint density at radius 1 is 1.35 bits per heavy atom. The molecule has 0 radical (unpaired) electrons. The first-order chi connectivity index (χ1) is 9.26. The lowest BCUT2D eigenvalue weighted by Gasteiger charge is -2.35. The summed E-state index contributed by atoms with van der Waals surface area (Å²) in [6.45, 7) is 16.9. The van der Waals surface area contributed by atoms with Crippen molar-refractivity contribution in [3.05, 3.63) is 0 Å². The van der Waals surface area contributed by atoms with E-state index in [1.54, 1.807) is 0 Å². The molecule has 1 rings (SSSR count). The predicted molar refractivity (Wildman–Crippen MR) is 85.7 cm³/mol. The monoisotopic (exact) mass is 280 g/mol. The van der Waals surface area contributed by atoms with Gasteiger partial charge < -0.3 is 9.64 Å². The van der Waals surface area contributed by atoms with Gasteiger partial charge in [-0.2, -0.15) is 0 Å². The minimum atomic E-state index is 0.317. The van der Waals surface area contributed by atoms with Gasteiger partial charge in [0.15, 0.2) is 0 Å². The second-order valence-corrected chi connectivity index (χ2v) is 7.46. The van der Waals surface area contributed by atoms with E-state index < -0.39 is 0 Å². The molecule has 0 amide bonds. The Balaban J connectivity index is 2.36. The first kappa shape index (κ1) is 17.5. The van der Waals surface area contributed by atoms with E-state index in [1.165, 1.54) is 0 Å². The van der Waals surface area contributed by atoms with E-state index in [2.05, 4.69) is 63.3 Å². The Morgan fingerprint density at radius 2 is 2.05 bits per heavy atom. The summed E-state index contributed by atoms with van der Waals surface area (Å²) in [4.78, 5) is 4.79. The van der Waals surface area contributed by atoms with Gasteiger partial charge in [0.05, 0.1) is 19.3 Å². The summed E-state index contributed by atoms with van der Waals surface area (Å²) in [5.41, 5.74) is 0.339. The molecule has 0 aromatic carbocycles. The van der Waals surface area contributed by atoms with Gasteiger partial charge in [0.1, 0.15) is 0 Å². The van der Waals surface area contributed by atoms with Crippen LogP contribution in [0.4, 0.5) is 0 Å². The fourth-order valence-corrected chi connectivity index (χ4v) is 2.62. The summed E-state index contributed by atoms with van der Waals surface area (Å²) >= 11 is 0. The van der Waals surface area contributed by atoms with Gasteiger partial charge in [0.25, 0.3) is 0 Å². The molecule has 20 heavy (non-hydrogen) atoms. The van der Waals surface area contributed by atoms with Crippen LogP contribution >= 0.6 is 0 Å². The van der Waals surface area contributed by atoms with Crippen molar-refractivity contribution in [2.24, 2.45) is 11.3 Å². The number of rotatable bonds is 4. The largest absolute Gasteiger partial charge is 0.374 e. The molecule has 1 fully saturated rings. The molecule has 0 aromatic heterocycles. The summed E-state index contributed by atoms with van der Waals surface area (Å²) in [6, 6.07) is 0. The van der Waals surface area contributed by atoms with Gasteiger partial charge in [-0.1, -0.05) is 46.5 Å². The zero-order chi connectivity index (χ0) is 15.2. The molecule has 0 aromatic rings. The van der Waals surface area contributed by atoms with Crippen molar-refractivity contribution in [2.45, 2.75) is 40.7 Å². The van der Waals surface area contributed by atoms with E-state index in [4.69, 9.17) is 4.74 Å². The molecule has 0 saturated carbocycles. The lowest BCUT2D eigenvalue weighted by Crippen LogP contribution is -2.47. The summed E-state index contributed by atoms with van der Waals surface area (Å²) < 4.78 is 5.89.